The molecule has 0 spiro atoms. The van der Waals surface area contributed by atoms with Crippen LogP contribution in [0.2, 0.25) is 0 Å². The quantitative estimate of drug-likeness (QED) is 0.409. The smallest absolute Gasteiger partial charge is 0.277 e. The lowest BCUT2D eigenvalue weighted by Crippen LogP contribution is -2.18. The minimum atomic E-state index is -0.266. The molecule has 0 unspecified atom stereocenters. The highest BCUT2D eigenvalue weighted by molar-refractivity contribution is 7.99. The van der Waals surface area contributed by atoms with Crippen LogP contribution in [0.15, 0.2) is 56.7 Å². The van der Waals surface area contributed by atoms with Crippen molar-refractivity contribution in [1.29, 1.82) is 5.26 Å². The number of thioether (sulfide) groups is 1. The van der Waals surface area contributed by atoms with E-state index in [1.165, 1.54) is 0 Å². The maximum atomic E-state index is 12.7. The summed E-state index contributed by atoms with van der Waals surface area (Å²) in [5, 5.41) is 20.9. The number of aromatic nitrogens is 3. The van der Waals surface area contributed by atoms with Crippen LogP contribution in [0.5, 0.6) is 0 Å². The summed E-state index contributed by atoms with van der Waals surface area (Å²) >= 11 is 1.13. The van der Waals surface area contributed by atoms with Gasteiger partial charge in [0.2, 0.25) is 5.91 Å². The molecular formula is C23H21N5O3S. The van der Waals surface area contributed by atoms with E-state index in [1.54, 1.807) is 19.3 Å². The Morgan fingerprint density at radius 2 is 1.97 bits per heavy atom. The molecule has 3 heterocycles. The Balaban J connectivity index is 1.48. The maximum Gasteiger partial charge on any atom is 0.277 e. The minimum absolute atomic E-state index is 0.0610. The fourth-order valence-electron chi connectivity index (χ4n) is 3.37. The molecule has 0 atom stereocenters. The maximum absolute atomic E-state index is 12.7. The van der Waals surface area contributed by atoms with Gasteiger partial charge in [-0.2, -0.15) is 5.26 Å². The molecule has 162 valence electrons. The number of nitrogens with zero attached hydrogens (tertiary/aromatic N) is 4. The minimum Gasteiger partial charge on any atom is -0.469 e. The first-order chi connectivity index (χ1) is 15.5. The number of nitrogens with one attached hydrogen (secondary N) is 1. The lowest BCUT2D eigenvalue weighted by molar-refractivity contribution is -0.113. The molecule has 32 heavy (non-hydrogen) atoms. The number of carbonyl (C=O) groups excluding carboxylic acids is 1. The molecule has 4 rings (SSSR count). The van der Waals surface area contributed by atoms with Gasteiger partial charge in [-0.15, -0.1) is 10.2 Å². The van der Waals surface area contributed by atoms with E-state index in [-0.39, 0.29) is 16.9 Å². The van der Waals surface area contributed by atoms with Crippen LogP contribution in [0.3, 0.4) is 0 Å². The monoisotopic (exact) mass is 447 g/mol. The van der Waals surface area contributed by atoms with Gasteiger partial charge < -0.3 is 18.7 Å². The number of rotatable bonds is 7. The molecule has 0 saturated heterocycles. The third-order valence-corrected chi connectivity index (χ3v) is 6.02. The lowest BCUT2D eigenvalue weighted by atomic mass is 10.2. The van der Waals surface area contributed by atoms with Crippen molar-refractivity contribution >= 4 is 23.5 Å². The molecule has 1 amide bonds. The van der Waals surface area contributed by atoms with Crippen molar-refractivity contribution in [1.82, 2.24) is 14.8 Å². The highest BCUT2D eigenvalue weighted by Gasteiger charge is 2.20. The van der Waals surface area contributed by atoms with Gasteiger partial charge in [0.05, 0.1) is 23.1 Å². The molecule has 0 aliphatic rings. The van der Waals surface area contributed by atoms with Crippen molar-refractivity contribution in [3.63, 3.8) is 0 Å². The summed E-state index contributed by atoms with van der Waals surface area (Å²) < 4.78 is 12.8. The van der Waals surface area contributed by atoms with Gasteiger partial charge in [0, 0.05) is 12.2 Å². The second kappa shape index (κ2) is 9.16. The molecule has 1 aromatic carbocycles. The van der Waals surface area contributed by atoms with Crippen LogP contribution in [0, 0.1) is 32.1 Å². The largest absolute Gasteiger partial charge is 0.469 e. The third kappa shape index (κ3) is 4.31. The molecule has 9 heteroatoms. The van der Waals surface area contributed by atoms with Crippen molar-refractivity contribution in [2.75, 3.05) is 11.1 Å². The topological polar surface area (TPSA) is 110 Å². The predicted molar refractivity (Wildman–Crippen MR) is 120 cm³/mol. The molecular weight excluding hydrogens is 426 g/mol. The summed E-state index contributed by atoms with van der Waals surface area (Å²) in [4.78, 5) is 12.7. The summed E-state index contributed by atoms with van der Waals surface area (Å²) in [7, 11) is 0. The Labute approximate surface area is 189 Å². The van der Waals surface area contributed by atoms with E-state index in [1.807, 2.05) is 48.7 Å². The highest BCUT2D eigenvalue weighted by Crippen LogP contribution is 2.29. The van der Waals surface area contributed by atoms with Gasteiger partial charge in [-0.1, -0.05) is 42.1 Å². The van der Waals surface area contributed by atoms with E-state index < -0.39 is 0 Å². The molecule has 3 aromatic heterocycles. The Hall–Kier alpha value is -3.77. The molecule has 1 N–H and O–H groups in total. The van der Waals surface area contributed by atoms with Crippen molar-refractivity contribution < 1.29 is 13.6 Å². The number of carbonyl (C=O) groups is 1. The van der Waals surface area contributed by atoms with E-state index in [2.05, 4.69) is 21.6 Å². The zero-order valence-corrected chi connectivity index (χ0v) is 18.7. The van der Waals surface area contributed by atoms with Crippen LogP contribution in [0.4, 0.5) is 5.82 Å². The van der Waals surface area contributed by atoms with Crippen LogP contribution < -0.4 is 5.32 Å². The molecule has 0 bridgehead atoms. The molecule has 0 radical (unpaired) electrons. The summed E-state index contributed by atoms with van der Waals surface area (Å²) in [5.41, 5.74) is 4.05. The number of hydrogen-bond donors (Lipinski definition) is 1. The highest BCUT2D eigenvalue weighted by atomic mass is 32.2. The molecule has 0 aliphatic carbocycles. The Bertz CT molecular complexity index is 1300. The molecule has 0 aliphatic heterocycles. The molecule has 4 aromatic rings. The number of amides is 1. The van der Waals surface area contributed by atoms with E-state index in [0.717, 1.165) is 34.1 Å². The first kappa shape index (κ1) is 21.5. The number of anilines is 1. The average Bonchev–Trinajstić information content (AvgIpc) is 3.49. The van der Waals surface area contributed by atoms with Crippen molar-refractivity contribution in [3.8, 4) is 17.5 Å². The van der Waals surface area contributed by atoms with E-state index in [4.69, 9.17) is 8.83 Å². The first-order valence-electron chi connectivity index (χ1n) is 9.92. The number of aryl methyl sites for hydroxylation is 1. The SMILES string of the molecule is Cc1occc1-c1nnc(SCC(=O)Nc2c(C#N)c(C)c(C)n2Cc2ccccc2)o1. The molecule has 8 nitrogen and oxygen atoms in total. The standard InChI is InChI=1S/C23H21N5O3S/c1-14-15(2)28(12-17-7-5-4-6-8-17)21(19(14)11-24)25-20(29)13-32-23-27-26-22(31-23)18-9-10-30-16(18)3/h4-10H,12-13H2,1-3H3,(H,25,29). The number of furan rings is 1. The fourth-order valence-corrected chi connectivity index (χ4v) is 3.94. The predicted octanol–water partition coefficient (Wildman–Crippen LogP) is 4.71. The molecule has 0 fully saturated rings. The number of hydrogen-bond acceptors (Lipinski definition) is 7. The van der Waals surface area contributed by atoms with Crippen LogP contribution in [0.25, 0.3) is 11.5 Å². The van der Waals surface area contributed by atoms with Crippen LogP contribution in [0.1, 0.15) is 28.1 Å². The number of nitriles is 1. The van der Waals surface area contributed by atoms with E-state index >= 15 is 0 Å². The van der Waals surface area contributed by atoms with E-state index in [9.17, 15) is 10.1 Å². The molecule has 0 saturated carbocycles. The first-order valence-corrected chi connectivity index (χ1v) is 10.9. The zero-order chi connectivity index (χ0) is 22.7. The zero-order valence-electron chi connectivity index (χ0n) is 17.9. The van der Waals surface area contributed by atoms with Crippen molar-refractivity contribution in [2.45, 2.75) is 32.5 Å². The summed E-state index contributed by atoms with van der Waals surface area (Å²) in [6.45, 7) is 6.19. The van der Waals surface area contributed by atoms with Crippen LogP contribution in [-0.2, 0) is 11.3 Å². The van der Waals surface area contributed by atoms with Gasteiger partial charge in [-0.3, -0.25) is 4.79 Å². The summed E-state index contributed by atoms with van der Waals surface area (Å²) in [6.07, 6.45) is 1.55. The van der Waals surface area contributed by atoms with Gasteiger partial charge in [-0.05, 0) is 38.0 Å². The van der Waals surface area contributed by atoms with Crippen LogP contribution in [-0.4, -0.2) is 26.4 Å². The second-order valence-corrected chi connectivity index (χ2v) is 8.14. The summed E-state index contributed by atoms with van der Waals surface area (Å²) in [6, 6.07) is 13.9. The van der Waals surface area contributed by atoms with Gasteiger partial charge >= 0.3 is 0 Å². The number of benzene rings is 1. The van der Waals surface area contributed by atoms with Gasteiger partial charge in [-0.25, -0.2) is 0 Å². The Kier molecular flexibility index (Phi) is 6.14. The van der Waals surface area contributed by atoms with Gasteiger partial charge in [0.25, 0.3) is 11.1 Å². The summed E-state index contributed by atoms with van der Waals surface area (Å²) in [5.74, 6) is 1.31. The van der Waals surface area contributed by atoms with Crippen molar-refractivity contribution in [3.05, 3.63) is 70.8 Å². The van der Waals surface area contributed by atoms with Gasteiger partial charge in [0.15, 0.2) is 0 Å². The van der Waals surface area contributed by atoms with Crippen LogP contribution >= 0.6 is 11.8 Å². The lowest BCUT2D eigenvalue weighted by Gasteiger charge is -2.13. The van der Waals surface area contributed by atoms with Crippen molar-refractivity contribution in [2.24, 2.45) is 0 Å². The third-order valence-electron chi connectivity index (χ3n) is 5.20. The average molecular weight is 448 g/mol. The normalized spacial score (nSPS) is 10.8. The second-order valence-electron chi connectivity index (χ2n) is 7.22. The Morgan fingerprint density at radius 3 is 2.66 bits per heavy atom. The fraction of sp³-hybridized carbons (Fsp3) is 0.217. The Morgan fingerprint density at radius 1 is 1.19 bits per heavy atom. The van der Waals surface area contributed by atoms with E-state index in [0.29, 0.717) is 29.6 Å². The van der Waals surface area contributed by atoms with Gasteiger partial charge in [0.1, 0.15) is 17.6 Å².